The minimum absolute atomic E-state index is 0.158. The number of anilines is 1. The number of nitrogens with zero attached hydrogens (tertiary/aromatic N) is 4. The van der Waals surface area contributed by atoms with E-state index in [0.717, 1.165) is 10.2 Å². The van der Waals surface area contributed by atoms with Gasteiger partial charge in [0, 0.05) is 12.3 Å². The molecule has 0 aliphatic heterocycles. The number of hydrogen-bond acceptors (Lipinski definition) is 3. The van der Waals surface area contributed by atoms with Crippen LogP contribution >= 0.6 is 15.9 Å². The van der Waals surface area contributed by atoms with Crippen LogP contribution in [-0.2, 0) is 11.3 Å². The van der Waals surface area contributed by atoms with E-state index in [9.17, 15) is 4.79 Å². The number of rotatable bonds is 5. The van der Waals surface area contributed by atoms with Crippen molar-refractivity contribution < 1.29 is 4.79 Å². The van der Waals surface area contributed by atoms with Gasteiger partial charge in [-0.2, -0.15) is 10.2 Å². The second-order valence-corrected chi connectivity index (χ2v) is 7.58. The molecule has 0 saturated carbocycles. The number of carbonyl (C=O) groups excluding carboxylic acids is 1. The fourth-order valence-corrected chi connectivity index (χ4v) is 3.53. The average molecular weight is 438 g/mol. The number of carbonyl (C=O) groups is 1. The predicted octanol–water partition coefficient (Wildman–Crippen LogP) is 4.55. The van der Waals surface area contributed by atoms with E-state index in [-0.39, 0.29) is 5.91 Å². The highest BCUT2D eigenvalue weighted by Gasteiger charge is 2.19. The third-order valence-electron chi connectivity index (χ3n) is 4.84. The molecule has 28 heavy (non-hydrogen) atoms. The largest absolute Gasteiger partial charge is 0.307 e. The van der Waals surface area contributed by atoms with Crippen molar-refractivity contribution >= 4 is 38.4 Å². The van der Waals surface area contributed by atoms with Gasteiger partial charge < -0.3 is 5.32 Å². The number of nitrogens with one attached hydrogen (secondary N) is 1. The maximum absolute atomic E-state index is 12.6. The summed E-state index contributed by atoms with van der Waals surface area (Å²) >= 11 is 3.42. The maximum atomic E-state index is 12.6. The Bertz CT molecular complexity index is 1140. The average Bonchev–Trinajstić information content (AvgIpc) is 3.28. The van der Waals surface area contributed by atoms with Crippen LogP contribution in [-0.4, -0.2) is 25.5 Å². The molecule has 0 radical (unpaired) electrons. The van der Waals surface area contributed by atoms with Crippen LogP contribution in [0.15, 0.2) is 65.4 Å². The minimum atomic E-state index is -0.436. The summed E-state index contributed by atoms with van der Waals surface area (Å²) in [7, 11) is 0. The Morgan fingerprint density at radius 3 is 2.75 bits per heavy atom. The Morgan fingerprint density at radius 2 is 1.96 bits per heavy atom. The van der Waals surface area contributed by atoms with Gasteiger partial charge in [-0.25, -0.2) is 0 Å². The van der Waals surface area contributed by atoms with Gasteiger partial charge in [-0.1, -0.05) is 42.5 Å². The lowest BCUT2D eigenvalue weighted by Crippen LogP contribution is -2.25. The monoisotopic (exact) mass is 437 g/mol. The van der Waals surface area contributed by atoms with Gasteiger partial charge in [-0.05, 0) is 46.1 Å². The molecule has 1 amide bonds. The van der Waals surface area contributed by atoms with Crippen molar-refractivity contribution in [3.8, 4) is 0 Å². The summed E-state index contributed by atoms with van der Waals surface area (Å²) in [6, 6.07) is 15.9. The van der Waals surface area contributed by atoms with Gasteiger partial charge in [0.2, 0.25) is 5.91 Å². The molecule has 1 atom stereocenters. The van der Waals surface area contributed by atoms with Gasteiger partial charge in [-0.3, -0.25) is 14.2 Å². The summed E-state index contributed by atoms with van der Waals surface area (Å²) in [5.74, 6) is 0.370. The molecule has 0 aliphatic carbocycles. The summed E-state index contributed by atoms with van der Waals surface area (Å²) in [5.41, 5.74) is 2.09. The van der Waals surface area contributed by atoms with Crippen molar-refractivity contribution in [1.82, 2.24) is 19.6 Å². The van der Waals surface area contributed by atoms with E-state index in [4.69, 9.17) is 0 Å². The first kappa shape index (κ1) is 18.4. The molecule has 2 aromatic heterocycles. The van der Waals surface area contributed by atoms with Crippen molar-refractivity contribution in [2.75, 3.05) is 5.32 Å². The molecule has 2 heterocycles. The van der Waals surface area contributed by atoms with Gasteiger partial charge in [0.25, 0.3) is 0 Å². The molecule has 1 unspecified atom stereocenters. The van der Waals surface area contributed by atoms with E-state index in [1.807, 2.05) is 42.9 Å². The molecule has 6 nitrogen and oxygen atoms in total. The van der Waals surface area contributed by atoms with Crippen molar-refractivity contribution in [3.05, 3.63) is 76.7 Å². The molecule has 7 heteroatoms. The van der Waals surface area contributed by atoms with Gasteiger partial charge in [-0.15, -0.1) is 0 Å². The zero-order valence-electron chi connectivity index (χ0n) is 15.6. The Morgan fingerprint density at radius 1 is 1.18 bits per heavy atom. The van der Waals surface area contributed by atoms with E-state index in [1.54, 1.807) is 10.9 Å². The lowest BCUT2D eigenvalue weighted by atomic mass is 10.0. The number of benzene rings is 2. The normalized spacial score (nSPS) is 12.2. The zero-order chi connectivity index (χ0) is 19.7. The fourth-order valence-electron chi connectivity index (χ4n) is 3.26. The zero-order valence-corrected chi connectivity index (χ0v) is 17.2. The van der Waals surface area contributed by atoms with Crippen LogP contribution in [0.5, 0.6) is 0 Å². The van der Waals surface area contributed by atoms with Crippen molar-refractivity contribution in [1.29, 1.82) is 0 Å². The predicted molar refractivity (Wildman–Crippen MR) is 113 cm³/mol. The molecule has 2 aromatic carbocycles. The van der Waals surface area contributed by atoms with E-state index in [1.165, 1.54) is 16.3 Å². The van der Waals surface area contributed by atoms with E-state index < -0.39 is 6.04 Å². The highest BCUT2D eigenvalue weighted by molar-refractivity contribution is 9.10. The molecule has 0 bridgehead atoms. The summed E-state index contributed by atoms with van der Waals surface area (Å²) in [6.07, 6.45) is 3.57. The summed E-state index contributed by atoms with van der Waals surface area (Å²) < 4.78 is 4.40. The van der Waals surface area contributed by atoms with Crippen LogP contribution in [0.4, 0.5) is 5.82 Å². The van der Waals surface area contributed by atoms with Crippen molar-refractivity contribution in [3.63, 3.8) is 0 Å². The lowest BCUT2D eigenvalue weighted by molar-refractivity contribution is -0.119. The maximum Gasteiger partial charge on any atom is 0.250 e. The second-order valence-electron chi connectivity index (χ2n) is 6.72. The summed E-state index contributed by atoms with van der Waals surface area (Å²) in [5, 5.41) is 14.0. The molecule has 4 rings (SSSR count). The van der Waals surface area contributed by atoms with Gasteiger partial charge in [0.15, 0.2) is 5.82 Å². The smallest absolute Gasteiger partial charge is 0.250 e. The number of aromatic nitrogens is 4. The van der Waals surface area contributed by atoms with Gasteiger partial charge in [0.1, 0.15) is 6.04 Å². The Kier molecular flexibility index (Phi) is 5.00. The van der Waals surface area contributed by atoms with Crippen molar-refractivity contribution in [2.45, 2.75) is 26.4 Å². The second kappa shape index (κ2) is 7.59. The van der Waals surface area contributed by atoms with E-state index >= 15 is 0 Å². The molecular weight excluding hydrogens is 418 g/mol. The summed E-state index contributed by atoms with van der Waals surface area (Å²) in [6.45, 7) is 4.37. The number of fused-ring (bicyclic) bond motifs is 1. The molecule has 0 aliphatic rings. The number of hydrogen-bond donors (Lipinski definition) is 1. The highest BCUT2D eigenvalue weighted by Crippen LogP contribution is 2.21. The Balaban J connectivity index is 1.48. The standard InChI is InChI=1S/C21H20BrN5O/c1-14-19(22)12-23-27(14)15(2)21(28)24-20-10-11-26(25-20)13-17-8-5-7-16-6-3-4-9-18(16)17/h3-12,15H,13H2,1-2H3,(H,24,25,28). The first-order valence-corrected chi connectivity index (χ1v) is 9.83. The molecule has 142 valence electrons. The summed E-state index contributed by atoms with van der Waals surface area (Å²) in [4.78, 5) is 12.6. The highest BCUT2D eigenvalue weighted by atomic mass is 79.9. The lowest BCUT2D eigenvalue weighted by Gasteiger charge is -2.13. The SMILES string of the molecule is Cc1c(Br)cnn1C(C)C(=O)Nc1ccn(Cc2cccc3ccccc23)n1. The molecule has 0 spiro atoms. The fraction of sp³-hybridized carbons (Fsp3) is 0.190. The van der Waals surface area contributed by atoms with Crippen LogP contribution in [0, 0.1) is 6.92 Å². The molecule has 0 fully saturated rings. The van der Waals surface area contributed by atoms with Crippen LogP contribution < -0.4 is 5.32 Å². The van der Waals surface area contributed by atoms with Gasteiger partial charge in [0.05, 0.1) is 22.9 Å². The quantitative estimate of drug-likeness (QED) is 0.497. The van der Waals surface area contributed by atoms with Crippen molar-refractivity contribution in [2.24, 2.45) is 0 Å². The van der Waals surface area contributed by atoms with E-state index in [0.29, 0.717) is 12.4 Å². The topological polar surface area (TPSA) is 64.7 Å². The molecule has 1 N–H and O–H groups in total. The molecule has 4 aromatic rings. The third-order valence-corrected chi connectivity index (χ3v) is 5.61. The third kappa shape index (κ3) is 3.57. The first-order valence-electron chi connectivity index (χ1n) is 9.03. The van der Waals surface area contributed by atoms with E-state index in [2.05, 4.69) is 61.8 Å². The number of amides is 1. The van der Waals surface area contributed by atoms with Crippen LogP contribution in [0.1, 0.15) is 24.2 Å². The molecular formula is C21H20BrN5O. The van der Waals surface area contributed by atoms with Crippen LogP contribution in [0.25, 0.3) is 10.8 Å². The van der Waals surface area contributed by atoms with Crippen LogP contribution in [0.3, 0.4) is 0 Å². The number of halogens is 1. The first-order chi connectivity index (χ1) is 13.5. The molecule has 0 saturated heterocycles. The Labute approximate surface area is 171 Å². The van der Waals surface area contributed by atoms with Crippen LogP contribution in [0.2, 0.25) is 0 Å². The minimum Gasteiger partial charge on any atom is -0.307 e. The Hall–Kier alpha value is -2.93. The van der Waals surface area contributed by atoms with Gasteiger partial charge >= 0.3 is 0 Å².